The number of rotatable bonds is 8. The molecule has 0 bridgehead atoms. The zero-order chi connectivity index (χ0) is 27.3. The second kappa shape index (κ2) is 14.2. The summed E-state index contributed by atoms with van der Waals surface area (Å²) in [6.07, 6.45) is -4.22. The Morgan fingerprint density at radius 1 is 0.838 bits per heavy atom. The predicted octanol–water partition coefficient (Wildman–Crippen LogP) is 5.08. The molecule has 0 saturated carbocycles. The maximum atomic E-state index is 12.3. The number of anilines is 2. The van der Waals surface area contributed by atoms with Crippen molar-refractivity contribution in [1.29, 1.82) is 0 Å². The molecule has 0 aromatic heterocycles. The molecule has 3 aromatic carbocycles. The number of carboxylic acid groups (broad SMARTS) is 1. The first-order chi connectivity index (χ1) is 17.6. The minimum atomic E-state index is -5.08. The van der Waals surface area contributed by atoms with Gasteiger partial charge >= 0.3 is 24.1 Å². The molecule has 4 N–H and O–H groups in total. The normalized spacial score (nSPS) is 10.5. The molecule has 3 aromatic rings. The van der Waals surface area contributed by atoms with Crippen LogP contribution in [0, 0.1) is 0 Å². The van der Waals surface area contributed by atoms with Gasteiger partial charge in [0, 0.05) is 17.9 Å². The highest BCUT2D eigenvalue weighted by Gasteiger charge is 2.38. The van der Waals surface area contributed by atoms with Crippen molar-refractivity contribution in [2.75, 3.05) is 24.3 Å². The van der Waals surface area contributed by atoms with Gasteiger partial charge in [0.1, 0.15) is 0 Å². The molecule has 2 amide bonds. The van der Waals surface area contributed by atoms with Crippen LogP contribution in [0.1, 0.15) is 21.5 Å². The van der Waals surface area contributed by atoms with Crippen molar-refractivity contribution in [2.45, 2.75) is 19.1 Å². The molecular weight excluding hydrogens is 491 g/mol. The maximum absolute atomic E-state index is 12.3. The Morgan fingerprint density at radius 2 is 1.43 bits per heavy atom. The van der Waals surface area contributed by atoms with E-state index in [0.717, 1.165) is 30.8 Å². The average Bonchev–Trinajstić information content (AvgIpc) is 2.87. The summed E-state index contributed by atoms with van der Waals surface area (Å²) in [5.41, 5.74) is 4.12. The highest BCUT2D eigenvalue weighted by molar-refractivity contribution is 6.00. The monoisotopic (exact) mass is 517 g/mol. The number of urea groups is 1. The van der Waals surface area contributed by atoms with Gasteiger partial charge in [0.15, 0.2) is 0 Å². The Hall–Kier alpha value is -4.38. The third kappa shape index (κ3) is 10.8. The molecule has 0 aliphatic rings. The number of nitrogens with one attached hydrogen (secondary N) is 3. The second-order valence-electron chi connectivity index (χ2n) is 7.56. The summed E-state index contributed by atoms with van der Waals surface area (Å²) < 4.78 is 36.4. The number of carboxylic acids is 1. The minimum absolute atomic E-state index is 0.347. The second-order valence-corrected chi connectivity index (χ2v) is 7.56. The van der Waals surface area contributed by atoms with Crippen LogP contribution in [-0.2, 0) is 22.5 Å². The highest BCUT2D eigenvalue weighted by atomic mass is 19.4. The van der Waals surface area contributed by atoms with Gasteiger partial charge in [-0.05, 0) is 60.5 Å². The fourth-order valence-corrected chi connectivity index (χ4v) is 2.97. The van der Waals surface area contributed by atoms with Gasteiger partial charge in [-0.1, -0.05) is 42.5 Å². The van der Waals surface area contributed by atoms with Crippen LogP contribution in [0.3, 0.4) is 0 Å². The third-order valence-electron chi connectivity index (χ3n) is 4.75. The molecule has 0 aliphatic carbocycles. The van der Waals surface area contributed by atoms with E-state index < -0.39 is 18.1 Å². The van der Waals surface area contributed by atoms with Gasteiger partial charge in [-0.25, -0.2) is 14.4 Å². The zero-order valence-electron chi connectivity index (χ0n) is 19.8. The Balaban J connectivity index is 0.000000604. The zero-order valence-corrected chi connectivity index (χ0v) is 19.8. The summed E-state index contributed by atoms with van der Waals surface area (Å²) in [7, 11) is 1.33. The van der Waals surface area contributed by atoms with Crippen LogP contribution in [0.15, 0.2) is 78.9 Å². The number of halogens is 3. The van der Waals surface area contributed by atoms with Gasteiger partial charge in [0.2, 0.25) is 0 Å². The smallest absolute Gasteiger partial charge is 0.475 e. The topological polar surface area (TPSA) is 117 Å². The summed E-state index contributed by atoms with van der Waals surface area (Å²) >= 11 is 0. The Labute approximate surface area is 211 Å². The summed E-state index contributed by atoms with van der Waals surface area (Å²) in [5, 5.41) is 16.1. The Morgan fingerprint density at radius 3 is 2.03 bits per heavy atom. The first-order valence-corrected chi connectivity index (χ1v) is 11.0. The molecule has 8 nitrogen and oxygen atoms in total. The van der Waals surface area contributed by atoms with E-state index in [9.17, 15) is 22.8 Å². The number of carbonyl (C=O) groups excluding carboxylic acids is 2. The van der Waals surface area contributed by atoms with Crippen LogP contribution >= 0.6 is 0 Å². The molecule has 0 aliphatic heterocycles. The van der Waals surface area contributed by atoms with Crippen LogP contribution in [0.4, 0.5) is 29.3 Å². The molecule has 37 heavy (non-hydrogen) atoms. The first kappa shape index (κ1) is 28.9. The number of benzene rings is 3. The number of hydrogen-bond acceptors (Lipinski definition) is 5. The number of esters is 1. The van der Waals surface area contributed by atoms with Crippen molar-refractivity contribution < 1.29 is 37.4 Å². The van der Waals surface area contributed by atoms with Crippen LogP contribution < -0.4 is 16.0 Å². The summed E-state index contributed by atoms with van der Waals surface area (Å²) in [6.45, 7) is 1.67. The lowest BCUT2D eigenvalue weighted by Gasteiger charge is -2.10. The standard InChI is InChI=1S/C24H25N3O3.C2HF3O2/c1-30-23(28)20-10-12-21(13-11-20)26-24(29)27-22-9-5-8-18(16-22)14-15-25-17-19-6-3-2-4-7-19;3-2(4,5)1(6)7/h2-13,16,25H,14-15,17H2,1H3,(H2,26,27,29);(H,6,7). The predicted molar refractivity (Wildman–Crippen MR) is 132 cm³/mol. The minimum Gasteiger partial charge on any atom is -0.475 e. The average molecular weight is 518 g/mol. The third-order valence-corrected chi connectivity index (χ3v) is 4.75. The number of carbonyl (C=O) groups is 3. The van der Waals surface area contributed by atoms with Gasteiger partial charge in [0.05, 0.1) is 12.7 Å². The maximum Gasteiger partial charge on any atom is 0.490 e. The summed E-state index contributed by atoms with van der Waals surface area (Å²) in [5.74, 6) is -3.17. The SMILES string of the molecule is COC(=O)c1ccc(NC(=O)Nc2cccc(CCNCc3ccccc3)c2)cc1.O=C(O)C(F)(F)F. The van der Waals surface area contributed by atoms with Crippen molar-refractivity contribution >= 4 is 29.3 Å². The van der Waals surface area contributed by atoms with Crippen molar-refractivity contribution in [1.82, 2.24) is 5.32 Å². The fourth-order valence-electron chi connectivity index (χ4n) is 2.97. The summed E-state index contributed by atoms with van der Waals surface area (Å²) in [6, 6.07) is 24.2. The van der Waals surface area contributed by atoms with E-state index in [1.54, 1.807) is 24.3 Å². The lowest BCUT2D eigenvalue weighted by atomic mass is 10.1. The van der Waals surface area contributed by atoms with Crippen molar-refractivity contribution in [2.24, 2.45) is 0 Å². The molecule has 0 fully saturated rings. The number of amides is 2. The van der Waals surface area contributed by atoms with Gasteiger partial charge in [-0.2, -0.15) is 13.2 Å². The van der Waals surface area contributed by atoms with Crippen molar-refractivity contribution in [3.63, 3.8) is 0 Å². The Kier molecular flexibility index (Phi) is 11.1. The number of aliphatic carboxylic acids is 1. The van der Waals surface area contributed by atoms with E-state index in [0.29, 0.717) is 11.3 Å². The first-order valence-electron chi connectivity index (χ1n) is 11.0. The van der Waals surface area contributed by atoms with E-state index in [1.165, 1.54) is 12.7 Å². The molecule has 0 spiro atoms. The van der Waals surface area contributed by atoms with Gasteiger partial charge in [0.25, 0.3) is 0 Å². The van der Waals surface area contributed by atoms with Crippen molar-refractivity contribution in [3.8, 4) is 0 Å². The number of ether oxygens (including phenoxy) is 1. The molecule has 0 atom stereocenters. The number of alkyl halides is 3. The van der Waals surface area contributed by atoms with Crippen molar-refractivity contribution in [3.05, 3.63) is 95.6 Å². The lowest BCUT2D eigenvalue weighted by molar-refractivity contribution is -0.192. The fraction of sp³-hybridized carbons (Fsp3) is 0.192. The molecule has 196 valence electrons. The highest BCUT2D eigenvalue weighted by Crippen LogP contribution is 2.14. The van der Waals surface area contributed by atoms with E-state index >= 15 is 0 Å². The van der Waals surface area contributed by atoms with E-state index in [4.69, 9.17) is 9.90 Å². The lowest BCUT2D eigenvalue weighted by Crippen LogP contribution is -2.21. The number of hydrogen-bond donors (Lipinski definition) is 4. The van der Waals surface area contributed by atoms with E-state index in [2.05, 4.69) is 32.8 Å². The van der Waals surface area contributed by atoms with Crippen LogP contribution in [0.5, 0.6) is 0 Å². The van der Waals surface area contributed by atoms with Gasteiger partial charge in [-0.15, -0.1) is 0 Å². The van der Waals surface area contributed by atoms with Gasteiger partial charge in [-0.3, -0.25) is 0 Å². The molecule has 0 heterocycles. The molecule has 0 unspecified atom stereocenters. The largest absolute Gasteiger partial charge is 0.490 e. The molecule has 0 radical (unpaired) electrons. The quantitative estimate of drug-likeness (QED) is 0.245. The van der Waals surface area contributed by atoms with E-state index in [-0.39, 0.29) is 6.03 Å². The van der Waals surface area contributed by atoms with Crippen LogP contribution in [0.2, 0.25) is 0 Å². The molecule has 11 heteroatoms. The molecular formula is C26H26F3N3O5. The van der Waals surface area contributed by atoms with Gasteiger partial charge < -0.3 is 25.8 Å². The summed E-state index contributed by atoms with van der Waals surface area (Å²) in [4.78, 5) is 32.6. The Bertz CT molecular complexity index is 1170. The molecule has 3 rings (SSSR count). The number of methoxy groups -OCH3 is 1. The van der Waals surface area contributed by atoms with Crippen LogP contribution in [-0.4, -0.2) is 42.9 Å². The van der Waals surface area contributed by atoms with E-state index in [1.807, 2.05) is 42.5 Å². The molecule has 0 saturated heterocycles. The van der Waals surface area contributed by atoms with Crippen LogP contribution in [0.25, 0.3) is 0 Å².